The second-order valence-corrected chi connectivity index (χ2v) is 8.09. The molecule has 0 atom stereocenters. The molecular weight excluding hydrogens is 465 g/mol. The molecule has 2 rings (SSSR count). The van der Waals surface area contributed by atoms with Crippen molar-refractivity contribution in [3.8, 4) is 11.3 Å². The van der Waals surface area contributed by atoms with Gasteiger partial charge in [-0.2, -0.15) is 0 Å². The van der Waals surface area contributed by atoms with Crippen molar-refractivity contribution < 1.29 is 8.42 Å². The first-order valence-electron chi connectivity index (χ1n) is 8.15. The third kappa shape index (κ3) is 7.32. The van der Waals surface area contributed by atoms with Crippen molar-refractivity contribution in [2.45, 2.75) is 13.5 Å². The van der Waals surface area contributed by atoms with E-state index in [1.54, 1.807) is 0 Å². The third-order valence-electron chi connectivity index (χ3n) is 3.52. The van der Waals surface area contributed by atoms with E-state index in [0.29, 0.717) is 19.0 Å². The molecule has 1 aromatic heterocycles. The molecule has 0 bridgehead atoms. The summed E-state index contributed by atoms with van der Waals surface area (Å²) in [5, 5.41) is 3.17. The Morgan fingerprint density at radius 3 is 2.62 bits per heavy atom. The highest BCUT2D eigenvalue weighted by molar-refractivity contribution is 14.0. The maximum absolute atomic E-state index is 11.3. The molecular formula is C17H26IN5O2S. The zero-order valence-electron chi connectivity index (χ0n) is 15.3. The Kier molecular flexibility index (Phi) is 9.06. The molecule has 26 heavy (non-hydrogen) atoms. The van der Waals surface area contributed by atoms with Gasteiger partial charge in [0, 0.05) is 19.8 Å². The molecule has 0 radical (unpaired) electrons. The van der Waals surface area contributed by atoms with Gasteiger partial charge in [-0.3, -0.25) is 4.99 Å². The maximum Gasteiger partial charge on any atom is 0.194 e. The Morgan fingerprint density at radius 2 is 2.00 bits per heavy atom. The van der Waals surface area contributed by atoms with Crippen molar-refractivity contribution in [1.82, 2.24) is 20.2 Å². The number of nitrogens with zero attached hydrogens (tertiary/aromatic N) is 3. The van der Waals surface area contributed by atoms with Crippen molar-refractivity contribution in [3.63, 3.8) is 0 Å². The minimum atomic E-state index is -3.02. The summed E-state index contributed by atoms with van der Waals surface area (Å²) in [6.45, 7) is 3.45. The lowest BCUT2D eigenvalue weighted by molar-refractivity contribution is 0.464. The van der Waals surface area contributed by atoms with Gasteiger partial charge in [-0.15, -0.1) is 24.0 Å². The average molecular weight is 491 g/mol. The molecule has 0 unspecified atom stereocenters. The molecule has 0 spiro atoms. The summed E-state index contributed by atoms with van der Waals surface area (Å²) in [5.41, 5.74) is 2.04. The van der Waals surface area contributed by atoms with Crippen LogP contribution in [0.25, 0.3) is 11.3 Å². The van der Waals surface area contributed by atoms with Gasteiger partial charge in [0.2, 0.25) is 0 Å². The smallest absolute Gasteiger partial charge is 0.194 e. The maximum atomic E-state index is 11.3. The Morgan fingerprint density at radius 1 is 1.31 bits per heavy atom. The van der Waals surface area contributed by atoms with Crippen LogP contribution < -0.4 is 5.32 Å². The number of benzene rings is 1. The Hall–Kier alpha value is -1.62. The molecule has 144 valence electrons. The van der Waals surface area contributed by atoms with Crippen LogP contribution in [0.15, 0.2) is 41.5 Å². The van der Waals surface area contributed by atoms with E-state index in [1.807, 2.05) is 55.4 Å². The summed E-state index contributed by atoms with van der Waals surface area (Å²) < 4.78 is 22.5. The highest BCUT2D eigenvalue weighted by Gasteiger charge is 2.10. The number of aliphatic imine (C=N–C) groups is 1. The first-order chi connectivity index (χ1) is 11.9. The average Bonchev–Trinajstić information content (AvgIpc) is 3.02. The van der Waals surface area contributed by atoms with E-state index in [4.69, 9.17) is 0 Å². The van der Waals surface area contributed by atoms with Crippen LogP contribution in [0.1, 0.15) is 12.7 Å². The standard InChI is InChI=1S/C17H25N5O2S.HI/c1-4-18-17(19-10-11-25(3,23)24)22(2)13-16-20-12-15(21-16)14-8-6-5-7-9-14;/h5-9,12H,4,10-11,13H2,1-3H3,(H,18,19)(H,20,21);1H. The van der Waals surface area contributed by atoms with Gasteiger partial charge in [0.15, 0.2) is 5.96 Å². The van der Waals surface area contributed by atoms with Crippen LogP contribution >= 0.6 is 24.0 Å². The number of rotatable bonds is 7. The van der Waals surface area contributed by atoms with Crippen molar-refractivity contribution >= 4 is 39.8 Å². The fraction of sp³-hybridized carbons (Fsp3) is 0.412. The monoisotopic (exact) mass is 491 g/mol. The zero-order chi connectivity index (χ0) is 18.3. The van der Waals surface area contributed by atoms with Gasteiger partial charge in [0.25, 0.3) is 0 Å². The van der Waals surface area contributed by atoms with E-state index in [1.165, 1.54) is 6.26 Å². The fourth-order valence-corrected chi connectivity index (χ4v) is 2.72. The highest BCUT2D eigenvalue weighted by atomic mass is 127. The predicted octanol–water partition coefficient (Wildman–Crippen LogP) is 2.14. The lowest BCUT2D eigenvalue weighted by Crippen LogP contribution is -2.39. The molecule has 2 N–H and O–H groups in total. The van der Waals surface area contributed by atoms with E-state index in [0.717, 1.165) is 17.1 Å². The van der Waals surface area contributed by atoms with Crippen molar-refractivity contribution in [2.75, 3.05) is 32.1 Å². The summed E-state index contributed by atoms with van der Waals surface area (Å²) in [7, 11) is -1.12. The molecule has 0 saturated carbocycles. The summed E-state index contributed by atoms with van der Waals surface area (Å²) in [6.07, 6.45) is 3.03. The lowest BCUT2D eigenvalue weighted by Gasteiger charge is -2.21. The topological polar surface area (TPSA) is 90.4 Å². The van der Waals surface area contributed by atoms with Crippen molar-refractivity contribution in [2.24, 2.45) is 4.99 Å². The van der Waals surface area contributed by atoms with Crippen LogP contribution in [0.4, 0.5) is 0 Å². The normalized spacial score (nSPS) is 11.7. The number of aromatic nitrogens is 2. The quantitative estimate of drug-likeness (QED) is 0.352. The summed E-state index contributed by atoms with van der Waals surface area (Å²) in [5.74, 6) is 1.51. The summed E-state index contributed by atoms with van der Waals surface area (Å²) in [6, 6.07) is 10.00. The molecule has 0 aliphatic rings. The van der Waals surface area contributed by atoms with E-state index < -0.39 is 9.84 Å². The minimum Gasteiger partial charge on any atom is -0.357 e. The number of guanidine groups is 1. The molecule has 1 heterocycles. The van der Waals surface area contributed by atoms with Crippen LogP contribution in [0, 0.1) is 0 Å². The van der Waals surface area contributed by atoms with Crippen LogP contribution in [0.3, 0.4) is 0 Å². The van der Waals surface area contributed by atoms with E-state index in [-0.39, 0.29) is 36.3 Å². The molecule has 9 heteroatoms. The Bertz CT molecular complexity index is 806. The molecule has 7 nitrogen and oxygen atoms in total. The third-order valence-corrected chi connectivity index (χ3v) is 4.44. The van der Waals surface area contributed by atoms with E-state index in [2.05, 4.69) is 20.3 Å². The second kappa shape index (κ2) is 10.5. The van der Waals surface area contributed by atoms with Gasteiger partial charge in [-0.05, 0) is 12.5 Å². The van der Waals surface area contributed by atoms with E-state index >= 15 is 0 Å². The number of nitrogens with one attached hydrogen (secondary N) is 2. The molecule has 1 aromatic carbocycles. The van der Waals surface area contributed by atoms with Crippen LogP contribution in [-0.4, -0.2) is 61.4 Å². The van der Waals surface area contributed by atoms with Crippen LogP contribution in [0.5, 0.6) is 0 Å². The molecule has 0 aliphatic carbocycles. The first kappa shape index (κ1) is 22.4. The number of sulfone groups is 1. The number of halogens is 1. The summed E-state index contributed by atoms with van der Waals surface area (Å²) >= 11 is 0. The number of hydrogen-bond donors (Lipinski definition) is 2. The van der Waals surface area contributed by atoms with Gasteiger partial charge in [0.05, 0.1) is 30.7 Å². The minimum absolute atomic E-state index is 0. The number of imidazole rings is 1. The number of aromatic amines is 1. The number of hydrogen-bond acceptors (Lipinski definition) is 4. The van der Waals surface area contributed by atoms with Gasteiger partial charge in [-0.1, -0.05) is 30.3 Å². The molecule has 0 fully saturated rings. The molecule has 2 aromatic rings. The molecule has 0 amide bonds. The SMILES string of the molecule is CCNC(=NCCS(C)(=O)=O)N(C)Cc1ncc(-c2ccccc2)[nH]1.I. The summed E-state index contributed by atoms with van der Waals surface area (Å²) in [4.78, 5) is 14.0. The van der Waals surface area contributed by atoms with Gasteiger partial charge in [0.1, 0.15) is 15.7 Å². The van der Waals surface area contributed by atoms with E-state index in [9.17, 15) is 8.42 Å². The fourth-order valence-electron chi connectivity index (χ4n) is 2.29. The first-order valence-corrected chi connectivity index (χ1v) is 10.2. The van der Waals surface area contributed by atoms with Gasteiger partial charge in [-0.25, -0.2) is 13.4 Å². The van der Waals surface area contributed by atoms with Crippen LogP contribution in [-0.2, 0) is 16.4 Å². The Labute approximate surface area is 172 Å². The highest BCUT2D eigenvalue weighted by Crippen LogP contribution is 2.16. The van der Waals surface area contributed by atoms with Crippen LogP contribution in [0.2, 0.25) is 0 Å². The lowest BCUT2D eigenvalue weighted by atomic mass is 10.2. The predicted molar refractivity (Wildman–Crippen MR) is 117 cm³/mol. The van der Waals surface area contributed by atoms with Crippen molar-refractivity contribution in [3.05, 3.63) is 42.4 Å². The largest absolute Gasteiger partial charge is 0.357 e. The van der Waals surface area contributed by atoms with Gasteiger partial charge < -0.3 is 15.2 Å². The second-order valence-electron chi connectivity index (χ2n) is 5.83. The zero-order valence-corrected chi connectivity index (χ0v) is 18.4. The molecule has 0 saturated heterocycles. The molecule has 0 aliphatic heterocycles. The number of H-pyrrole nitrogens is 1. The van der Waals surface area contributed by atoms with Gasteiger partial charge >= 0.3 is 0 Å². The van der Waals surface area contributed by atoms with Crippen molar-refractivity contribution in [1.29, 1.82) is 0 Å². The Balaban J connectivity index is 0.00000338.